The molecular weight excluding hydrogens is 494 g/mol. The molecule has 1 aromatic heterocycles. The lowest BCUT2D eigenvalue weighted by Gasteiger charge is -2.47. The number of fused-ring (bicyclic) bond motifs is 3. The molecule has 206 valence electrons. The summed E-state index contributed by atoms with van der Waals surface area (Å²) in [5.41, 5.74) is 4.59. The Morgan fingerprint density at radius 3 is 2.33 bits per heavy atom. The van der Waals surface area contributed by atoms with Crippen molar-refractivity contribution in [3.05, 3.63) is 107 Å². The number of benzene rings is 3. The van der Waals surface area contributed by atoms with Gasteiger partial charge < -0.3 is 14.8 Å². The highest BCUT2D eigenvalue weighted by atomic mass is 16.2. The summed E-state index contributed by atoms with van der Waals surface area (Å²) in [7, 11) is 0. The molecule has 5 nitrogen and oxygen atoms in total. The SMILES string of the molecule is Cc1ccc2cc3n(c2c1)C[C@](C(=O)NC1CCCCCCC1)(c1ccccc1)N(Cc1ccccc1C)C3=O. The van der Waals surface area contributed by atoms with Gasteiger partial charge in [0, 0.05) is 23.5 Å². The van der Waals surface area contributed by atoms with Crippen LogP contribution in [0.2, 0.25) is 0 Å². The Hall–Kier alpha value is -3.86. The van der Waals surface area contributed by atoms with Crippen molar-refractivity contribution < 1.29 is 9.59 Å². The maximum atomic E-state index is 14.8. The molecule has 0 spiro atoms. The maximum Gasteiger partial charge on any atom is 0.272 e. The van der Waals surface area contributed by atoms with Crippen LogP contribution in [0.25, 0.3) is 10.9 Å². The fraction of sp³-hybridized carbons (Fsp3) is 0.371. The van der Waals surface area contributed by atoms with Gasteiger partial charge in [-0.05, 0) is 61.1 Å². The average Bonchev–Trinajstić information content (AvgIpc) is 3.30. The molecule has 40 heavy (non-hydrogen) atoms. The molecule has 2 aliphatic rings. The molecule has 6 rings (SSSR count). The van der Waals surface area contributed by atoms with Gasteiger partial charge in [0.1, 0.15) is 5.69 Å². The van der Waals surface area contributed by atoms with Crippen molar-refractivity contribution in [1.29, 1.82) is 0 Å². The van der Waals surface area contributed by atoms with Crippen LogP contribution in [0.4, 0.5) is 0 Å². The summed E-state index contributed by atoms with van der Waals surface area (Å²) < 4.78 is 2.09. The fourth-order valence-electron chi connectivity index (χ4n) is 6.69. The molecule has 0 saturated heterocycles. The van der Waals surface area contributed by atoms with Gasteiger partial charge in [-0.15, -0.1) is 0 Å². The smallest absolute Gasteiger partial charge is 0.272 e. The van der Waals surface area contributed by atoms with Gasteiger partial charge in [0.25, 0.3) is 11.8 Å². The van der Waals surface area contributed by atoms with Gasteiger partial charge in [0.15, 0.2) is 5.54 Å². The Labute approximate surface area is 237 Å². The van der Waals surface area contributed by atoms with Gasteiger partial charge in [0.2, 0.25) is 0 Å². The highest BCUT2D eigenvalue weighted by molar-refractivity contribution is 6.04. The van der Waals surface area contributed by atoms with Crippen molar-refractivity contribution in [1.82, 2.24) is 14.8 Å². The Morgan fingerprint density at radius 2 is 1.57 bits per heavy atom. The third-order valence-electron chi connectivity index (χ3n) is 9.03. The minimum atomic E-state index is -1.19. The standard InChI is InChI=1S/C35H39N3O2/c1-25-19-20-27-22-32-33(39)38(23-28-14-12-11-13-26(28)2)35(24-37(32)31(27)21-25,29-15-7-6-8-16-29)34(40)36-30-17-9-4-3-5-10-18-30/h6-8,11-16,19-22,30H,3-5,9-10,17-18,23-24H2,1-2H3,(H,36,40)/t35-/m1/s1. The number of hydrogen-bond acceptors (Lipinski definition) is 2. The summed E-state index contributed by atoms with van der Waals surface area (Å²) in [5, 5.41) is 4.51. The number of nitrogens with zero attached hydrogens (tertiary/aromatic N) is 2. The molecule has 0 unspecified atom stereocenters. The highest BCUT2D eigenvalue weighted by Gasteiger charge is 2.52. The van der Waals surface area contributed by atoms with Crippen molar-refractivity contribution >= 4 is 22.7 Å². The molecule has 1 N–H and O–H groups in total. The number of aromatic nitrogens is 1. The van der Waals surface area contributed by atoms with E-state index in [9.17, 15) is 9.59 Å². The molecule has 1 aliphatic carbocycles. The Morgan fingerprint density at radius 1 is 0.875 bits per heavy atom. The Kier molecular flexibility index (Phi) is 7.22. The third-order valence-corrected chi connectivity index (χ3v) is 9.03. The van der Waals surface area contributed by atoms with Crippen LogP contribution < -0.4 is 5.32 Å². The van der Waals surface area contributed by atoms with Gasteiger partial charge in [0.05, 0.1) is 6.54 Å². The molecule has 3 aromatic carbocycles. The molecule has 0 bridgehead atoms. The largest absolute Gasteiger partial charge is 0.351 e. The number of carbonyl (C=O) groups is 2. The number of aryl methyl sites for hydroxylation is 2. The van der Waals surface area contributed by atoms with E-state index in [2.05, 4.69) is 54.1 Å². The second-order valence-electron chi connectivity index (χ2n) is 11.7. The topological polar surface area (TPSA) is 54.3 Å². The monoisotopic (exact) mass is 533 g/mol. The molecule has 1 saturated carbocycles. The first-order valence-electron chi connectivity index (χ1n) is 14.8. The Balaban J connectivity index is 1.53. The van der Waals surface area contributed by atoms with Crippen molar-refractivity contribution in [3.8, 4) is 0 Å². The first kappa shape index (κ1) is 26.4. The average molecular weight is 534 g/mol. The normalized spacial score (nSPS) is 20.1. The Bertz CT molecular complexity index is 1530. The van der Waals surface area contributed by atoms with Crippen LogP contribution in [-0.4, -0.2) is 27.3 Å². The first-order valence-corrected chi connectivity index (χ1v) is 14.8. The van der Waals surface area contributed by atoms with Crippen LogP contribution >= 0.6 is 0 Å². The lowest BCUT2D eigenvalue weighted by molar-refractivity contribution is -0.136. The zero-order valence-corrected chi connectivity index (χ0v) is 23.7. The molecular formula is C35H39N3O2. The predicted octanol–water partition coefficient (Wildman–Crippen LogP) is 7.04. The third kappa shape index (κ3) is 4.72. The van der Waals surface area contributed by atoms with E-state index < -0.39 is 5.54 Å². The van der Waals surface area contributed by atoms with Gasteiger partial charge in [-0.2, -0.15) is 0 Å². The summed E-state index contributed by atoms with van der Waals surface area (Å²) in [6.07, 6.45) is 7.93. The first-order chi connectivity index (χ1) is 19.5. The van der Waals surface area contributed by atoms with E-state index in [1.54, 1.807) is 0 Å². The van der Waals surface area contributed by atoms with E-state index in [4.69, 9.17) is 0 Å². The van der Waals surface area contributed by atoms with Crippen LogP contribution in [-0.2, 0) is 23.4 Å². The van der Waals surface area contributed by atoms with Crippen molar-refractivity contribution in [2.75, 3.05) is 0 Å². The summed E-state index contributed by atoms with van der Waals surface area (Å²) in [6.45, 7) is 4.87. The molecule has 1 aliphatic heterocycles. The van der Waals surface area contributed by atoms with Crippen LogP contribution in [0.5, 0.6) is 0 Å². The summed E-state index contributed by atoms with van der Waals surface area (Å²) >= 11 is 0. The number of carbonyl (C=O) groups excluding carboxylic acids is 2. The molecule has 1 atom stereocenters. The van der Waals surface area contributed by atoms with Gasteiger partial charge >= 0.3 is 0 Å². The van der Waals surface area contributed by atoms with Crippen molar-refractivity contribution in [2.24, 2.45) is 0 Å². The van der Waals surface area contributed by atoms with E-state index in [1.807, 2.05) is 53.4 Å². The summed E-state index contributed by atoms with van der Waals surface area (Å²) in [6, 6.07) is 26.5. The molecule has 0 radical (unpaired) electrons. The van der Waals surface area contributed by atoms with Gasteiger partial charge in [-0.1, -0.05) is 98.8 Å². The predicted molar refractivity (Wildman–Crippen MR) is 160 cm³/mol. The second kappa shape index (κ2) is 11.0. The summed E-state index contributed by atoms with van der Waals surface area (Å²) in [5.74, 6) is -0.189. The molecule has 4 aromatic rings. The molecule has 2 heterocycles. The number of rotatable bonds is 5. The van der Waals surface area contributed by atoms with Crippen molar-refractivity contribution in [3.63, 3.8) is 0 Å². The fourth-order valence-corrected chi connectivity index (χ4v) is 6.69. The van der Waals surface area contributed by atoms with E-state index in [1.165, 1.54) is 19.3 Å². The molecule has 1 fully saturated rings. The van der Waals surface area contributed by atoms with Crippen molar-refractivity contribution in [2.45, 2.75) is 83.5 Å². The van der Waals surface area contributed by atoms with Crippen LogP contribution in [0.3, 0.4) is 0 Å². The number of nitrogens with one attached hydrogen (secondary N) is 1. The van der Waals surface area contributed by atoms with E-state index in [0.29, 0.717) is 18.8 Å². The minimum Gasteiger partial charge on any atom is -0.351 e. The zero-order chi connectivity index (χ0) is 27.7. The minimum absolute atomic E-state index is 0.0774. The van der Waals surface area contributed by atoms with E-state index in [0.717, 1.165) is 58.8 Å². The van der Waals surface area contributed by atoms with E-state index >= 15 is 0 Å². The van der Waals surface area contributed by atoms with Crippen LogP contribution in [0, 0.1) is 13.8 Å². The van der Waals surface area contributed by atoms with Gasteiger partial charge in [-0.3, -0.25) is 9.59 Å². The number of amides is 2. The van der Waals surface area contributed by atoms with E-state index in [-0.39, 0.29) is 17.9 Å². The maximum absolute atomic E-state index is 14.8. The quantitative estimate of drug-likeness (QED) is 0.299. The summed E-state index contributed by atoms with van der Waals surface area (Å²) in [4.78, 5) is 31.3. The molecule has 5 heteroatoms. The second-order valence-corrected chi connectivity index (χ2v) is 11.7. The van der Waals surface area contributed by atoms with Crippen LogP contribution in [0.1, 0.15) is 77.7 Å². The zero-order valence-electron chi connectivity index (χ0n) is 23.7. The lowest BCUT2D eigenvalue weighted by Crippen LogP contribution is -2.64. The van der Waals surface area contributed by atoms with Gasteiger partial charge in [-0.25, -0.2) is 0 Å². The highest BCUT2D eigenvalue weighted by Crippen LogP contribution is 2.41. The van der Waals surface area contributed by atoms with Crippen LogP contribution in [0.15, 0.2) is 78.9 Å². The number of hydrogen-bond donors (Lipinski definition) is 1. The lowest BCUT2D eigenvalue weighted by atomic mass is 9.83. The molecule has 2 amide bonds.